The van der Waals surface area contributed by atoms with Crippen molar-refractivity contribution >= 4 is 64.5 Å². The maximum Gasteiger partial charge on any atom is 0.191 e. The second-order valence-electron chi connectivity index (χ2n) is 6.13. The molecule has 1 aromatic carbocycles. The molecule has 0 aliphatic rings. The minimum atomic E-state index is -0.748. The summed E-state index contributed by atoms with van der Waals surface area (Å²) in [5.41, 5.74) is 1.60. The SMILES string of the molecule is CCNC(=NCc1csc(C(C)C)n1)NCC(O)c1cc(Cl)cc(Cl)c1.I. The minimum absolute atomic E-state index is 0. The monoisotopic (exact) mass is 542 g/mol. The van der Waals surface area contributed by atoms with Gasteiger partial charge in [0.05, 0.1) is 23.4 Å². The van der Waals surface area contributed by atoms with Crippen molar-refractivity contribution in [2.75, 3.05) is 13.1 Å². The molecular weight excluding hydrogens is 518 g/mol. The van der Waals surface area contributed by atoms with Crippen molar-refractivity contribution in [2.45, 2.75) is 39.3 Å². The number of aliphatic imine (C=N–C) groups is 1. The third-order valence-electron chi connectivity index (χ3n) is 3.54. The molecule has 5 nitrogen and oxygen atoms in total. The van der Waals surface area contributed by atoms with Crippen LogP contribution in [0.1, 0.15) is 49.1 Å². The zero-order chi connectivity index (χ0) is 19.1. The molecule has 2 aromatic rings. The highest BCUT2D eigenvalue weighted by atomic mass is 127. The molecule has 9 heteroatoms. The molecule has 27 heavy (non-hydrogen) atoms. The predicted octanol–water partition coefficient (Wildman–Crippen LogP) is 4.98. The second kappa shape index (κ2) is 12.1. The molecular formula is C18H25Cl2IN4OS. The number of rotatable bonds is 7. The average Bonchev–Trinajstić information content (AvgIpc) is 3.05. The van der Waals surface area contributed by atoms with E-state index in [9.17, 15) is 5.11 Å². The Morgan fingerprint density at radius 2 is 1.89 bits per heavy atom. The van der Waals surface area contributed by atoms with Crippen LogP contribution in [0.25, 0.3) is 0 Å². The molecule has 0 saturated carbocycles. The van der Waals surface area contributed by atoms with Crippen molar-refractivity contribution in [3.8, 4) is 0 Å². The van der Waals surface area contributed by atoms with E-state index in [1.165, 1.54) is 0 Å². The fourth-order valence-corrected chi connectivity index (χ4v) is 3.61. The van der Waals surface area contributed by atoms with Crippen LogP contribution in [-0.2, 0) is 6.54 Å². The summed E-state index contributed by atoms with van der Waals surface area (Å²) in [5.74, 6) is 1.04. The lowest BCUT2D eigenvalue weighted by molar-refractivity contribution is 0.181. The van der Waals surface area contributed by atoms with Gasteiger partial charge in [-0.05, 0) is 30.7 Å². The zero-order valence-electron chi connectivity index (χ0n) is 15.5. The predicted molar refractivity (Wildman–Crippen MR) is 126 cm³/mol. The van der Waals surface area contributed by atoms with Crippen LogP contribution >= 0.6 is 58.5 Å². The molecule has 1 atom stereocenters. The van der Waals surface area contributed by atoms with E-state index < -0.39 is 6.10 Å². The summed E-state index contributed by atoms with van der Waals surface area (Å²) in [5, 5.41) is 20.8. The summed E-state index contributed by atoms with van der Waals surface area (Å²) in [6, 6.07) is 5.04. The lowest BCUT2D eigenvalue weighted by Crippen LogP contribution is -2.39. The number of benzene rings is 1. The van der Waals surface area contributed by atoms with Crippen molar-refractivity contribution < 1.29 is 5.11 Å². The Bertz CT molecular complexity index is 734. The highest BCUT2D eigenvalue weighted by Gasteiger charge is 2.11. The van der Waals surface area contributed by atoms with E-state index in [4.69, 9.17) is 23.2 Å². The first kappa shape index (κ1) is 24.4. The average molecular weight is 543 g/mol. The molecule has 2 rings (SSSR count). The maximum atomic E-state index is 10.4. The molecule has 0 bridgehead atoms. The molecule has 0 aliphatic heterocycles. The van der Waals surface area contributed by atoms with Crippen LogP contribution in [0.2, 0.25) is 10.0 Å². The second-order valence-corrected chi connectivity index (χ2v) is 7.89. The standard InChI is InChI=1S/C18H24Cl2N4OS.HI/c1-4-21-18(22-8-15-10-26-17(24-15)11(2)3)23-9-16(25)12-5-13(19)7-14(20)6-12;/h5-7,10-11,16,25H,4,8-9H2,1-3H3,(H2,21,22,23);1H. The lowest BCUT2D eigenvalue weighted by atomic mass is 10.1. The van der Waals surface area contributed by atoms with E-state index in [1.54, 1.807) is 29.5 Å². The van der Waals surface area contributed by atoms with E-state index in [0.717, 1.165) is 17.2 Å². The summed E-state index contributed by atoms with van der Waals surface area (Å²) in [7, 11) is 0. The molecule has 3 N–H and O–H groups in total. The van der Waals surface area contributed by atoms with Gasteiger partial charge in [0.25, 0.3) is 0 Å². The van der Waals surface area contributed by atoms with Crippen LogP contribution in [-0.4, -0.2) is 29.1 Å². The number of nitrogens with zero attached hydrogens (tertiary/aromatic N) is 2. The Hall–Kier alpha value is -0.610. The molecule has 0 radical (unpaired) electrons. The number of nitrogens with one attached hydrogen (secondary N) is 2. The fraction of sp³-hybridized carbons (Fsp3) is 0.444. The van der Waals surface area contributed by atoms with Crippen molar-refractivity contribution in [2.24, 2.45) is 4.99 Å². The van der Waals surface area contributed by atoms with Gasteiger partial charge in [-0.25, -0.2) is 9.98 Å². The number of thiazole rings is 1. The first-order valence-corrected chi connectivity index (χ1v) is 10.1. The van der Waals surface area contributed by atoms with E-state index in [1.807, 2.05) is 12.3 Å². The van der Waals surface area contributed by atoms with Gasteiger partial charge >= 0.3 is 0 Å². The highest BCUT2D eigenvalue weighted by molar-refractivity contribution is 14.0. The molecule has 1 heterocycles. The number of hydrogen-bond donors (Lipinski definition) is 3. The lowest BCUT2D eigenvalue weighted by Gasteiger charge is -2.16. The molecule has 150 valence electrons. The normalized spacial score (nSPS) is 12.6. The number of aliphatic hydroxyl groups is 1. The molecule has 0 saturated heterocycles. The van der Waals surface area contributed by atoms with Crippen molar-refractivity contribution in [3.05, 3.63) is 49.9 Å². The van der Waals surface area contributed by atoms with Gasteiger partial charge < -0.3 is 15.7 Å². The van der Waals surface area contributed by atoms with E-state index in [-0.39, 0.29) is 30.5 Å². The number of hydrogen-bond acceptors (Lipinski definition) is 4. The van der Waals surface area contributed by atoms with Crippen LogP contribution in [0, 0.1) is 0 Å². The summed E-state index contributed by atoms with van der Waals surface area (Å²) in [6.45, 7) is 7.74. The summed E-state index contributed by atoms with van der Waals surface area (Å²) in [6.07, 6.45) is -0.748. The first-order chi connectivity index (χ1) is 12.4. The molecule has 0 fully saturated rings. The number of guanidine groups is 1. The maximum absolute atomic E-state index is 10.4. The summed E-state index contributed by atoms with van der Waals surface area (Å²) >= 11 is 13.6. The van der Waals surface area contributed by atoms with Crippen molar-refractivity contribution in [3.63, 3.8) is 0 Å². The first-order valence-electron chi connectivity index (χ1n) is 8.49. The van der Waals surface area contributed by atoms with Gasteiger partial charge in [-0.2, -0.15) is 0 Å². The number of halogens is 3. The van der Waals surface area contributed by atoms with Gasteiger partial charge in [0.2, 0.25) is 0 Å². The highest BCUT2D eigenvalue weighted by Crippen LogP contribution is 2.23. The van der Waals surface area contributed by atoms with E-state index >= 15 is 0 Å². The van der Waals surface area contributed by atoms with Crippen LogP contribution < -0.4 is 10.6 Å². The largest absolute Gasteiger partial charge is 0.387 e. The summed E-state index contributed by atoms with van der Waals surface area (Å²) in [4.78, 5) is 9.11. The topological polar surface area (TPSA) is 69.5 Å². The Morgan fingerprint density at radius 3 is 2.44 bits per heavy atom. The third kappa shape index (κ3) is 8.11. The Kier molecular flexibility index (Phi) is 10.9. The van der Waals surface area contributed by atoms with Gasteiger partial charge in [0.1, 0.15) is 0 Å². The smallest absolute Gasteiger partial charge is 0.191 e. The molecule has 0 amide bonds. The molecule has 1 aromatic heterocycles. The van der Waals surface area contributed by atoms with Crippen molar-refractivity contribution in [1.82, 2.24) is 15.6 Å². The number of aromatic nitrogens is 1. The Morgan fingerprint density at radius 1 is 1.22 bits per heavy atom. The quantitative estimate of drug-likeness (QED) is 0.262. The van der Waals surface area contributed by atoms with Gasteiger partial charge in [0, 0.05) is 34.4 Å². The molecule has 1 unspecified atom stereocenters. The van der Waals surface area contributed by atoms with Gasteiger partial charge in [-0.3, -0.25) is 0 Å². The molecule has 0 aliphatic carbocycles. The van der Waals surface area contributed by atoms with Gasteiger partial charge in [-0.1, -0.05) is 37.0 Å². The zero-order valence-corrected chi connectivity index (χ0v) is 20.2. The van der Waals surface area contributed by atoms with E-state index in [0.29, 0.717) is 34.0 Å². The van der Waals surface area contributed by atoms with Crippen molar-refractivity contribution in [1.29, 1.82) is 0 Å². The Balaban J connectivity index is 0.00000364. The van der Waals surface area contributed by atoms with Crippen LogP contribution in [0.4, 0.5) is 0 Å². The fourth-order valence-electron chi connectivity index (χ4n) is 2.24. The van der Waals surface area contributed by atoms with Crippen LogP contribution in [0.15, 0.2) is 28.6 Å². The van der Waals surface area contributed by atoms with Crippen LogP contribution in [0.5, 0.6) is 0 Å². The summed E-state index contributed by atoms with van der Waals surface area (Å²) < 4.78 is 0. The molecule has 0 spiro atoms. The minimum Gasteiger partial charge on any atom is -0.387 e. The number of aliphatic hydroxyl groups excluding tert-OH is 1. The van der Waals surface area contributed by atoms with Gasteiger partial charge in [0.15, 0.2) is 5.96 Å². The Labute approximate surface area is 191 Å². The van der Waals surface area contributed by atoms with Crippen LogP contribution in [0.3, 0.4) is 0 Å². The van der Waals surface area contributed by atoms with E-state index in [2.05, 4.69) is 34.5 Å². The third-order valence-corrected chi connectivity index (χ3v) is 5.17. The van der Waals surface area contributed by atoms with Gasteiger partial charge in [-0.15, -0.1) is 35.3 Å².